The zero-order chi connectivity index (χ0) is 18.1. The van der Waals surface area contributed by atoms with Gasteiger partial charge in [0.2, 0.25) is 5.89 Å². The van der Waals surface area contributed by atoms with E-state index >= 15 is 0 Å². The van der Waals surface area contributed by atoms with Crippen molar-refractivity contribution in [2.45, 2.75) is 13.5 Å². The second kappa shape index (κ2) is 6.69. The summed E-state index contributed by atoms with van der Waals surface area (Å²) >= 11 is 5.89. The van der Waals surface area contributed by atoms with Crippen molar-refractivity contribution in [2.24, 2.45) is 0 Å². The molecule has 130 valence electrons. The van der Waals surface area contributed by atoms with Crippen LogP contribution in [0.15, 0.2) is 68.4 Å². The molecule has 2 aromatic carbocycles. The van der Waals surface area contributed by atoms with Gasteiger partial charge in [-0.25, -0.2) is 9.78 Å². The first-order valence-corrected chi connectivity index (χ1v) is 8.34. The summed E-state index contributed by atoms with van der Waals surface area (Å²) in [4.78, 5) is 15.7. The molecule has 0 aliphatic carbocycles. The first kappa shape index (κ1) is 16.4. The number of rotatable bonds is 4. The fraction of sp³-hybridized carbons (Fsp3) is 0.100. The second-order valence-electron chi connectivity index (χ2n) is 5.82. The van der Waals surface area contributed by atoms with E-state index < -0.39 is 0 Å². The van der Waals surface area contributed by atoms with Crippen LogP contribution < -0.4 is 10.4 Å². The Kier molecular flexibility index (Phi) is 4.22. The Balaban J connectivity index is 1.51. The lowest BCUT2D eigenvalue weighted by atomic mass is 10.1. The summed E-state index contributed by atoms with van der Waals surface area (Å²) in [6.07, 6.45) is 1.64. The summed E-state index contributed by atoms with van der Waals surface area (Å²) in [5.74, 6) is 1.65. The molecule has 0 amide bonds. The molecule has 26 heavy (non-hydrogen) atoms. The van der Waals surface area contributed by atoms with Crippen LogP contribution in [0.1, 0.15) is 11.5 Å². The molecular formula is C20H14ClNO4. The van der Waals surface area contributed by atoms with Gasteiger partial charge in [-0.2, -0.15) is 0 Å². The minimum absolute atomic E-state index is 0.162. The van der Waals surface area contributed by atoms with E-state index in [-0.39, 0.29) is 12.2 Å². The third-order valence-corrected chi connectivity index (χ3v) is 4.22. The summed E-state index contributed by atoms with van der Waals surface area (Å²) in [7, 11) is 0. The largest absolute Gasteiger partial charge is 0.484 e. The summed E-state index contributed by atoms with van der Waals surface area (Å²) in [6.45, 7) is 2.03. The number of fused-ring (bicyclic) bond motifs is 1. The maximum Gasteiger partial charge on any atom is 0.336 e. The van der Waals surface area contributed by atoms with Gasteiger partial charge in [0.25, 0.3) is 0 Å². The highest BCUT2D eigenvalue weighted by Crippen LogP contribution is 2.25. The molecular weight excluding hydrogens is 354 g/mol. The van der Waals surface area contributed by atoms with Crippen LogP contribution in [-0.2, 0) is 6.61 Å². The van der Waals surface area contributed by atoms with Crippen molar-refractivity contribution in [2.75, 3.05) is 0 Å². The molecule has 6 heteroatoms. The molecule has 0 aliphatic rings. The Morgan fingerprint density at radius 2 is 1.88 bits per heavy atom. The van der Waals surface area contributed by atoms with E-state index in [1.54, 1.807) is 24.4 Å². The zero-order valence-corrected chi connectivity index (χ0v) is 14.6. The van der Waals surface area contributed by atoms with Crippen LogP contribution in [0.2, 0.25) is 5.02 Å². The van der Waals surface area contributed by atoms with E-state index in [4.69, 9.17) is 25.2 Å². The first-order chi connectivity index (χ1) is 12.6. The number of nitrogens with zero attached hydrogens (tertiary/aromatic N) is 1. The van der Waals surface area contributed by atoms with E-state index in [0.717, 1.165) is 16.5 Å². The monoisotopic (exact) mass is 367 g/mol. The van der Waals surface area contributed by atoms with Gasteiger partial charge in [-0.3, -0.25) is 0 Å². The summed E-state index contributed by atoms with van der Waals surface area (Å²) in [5.41, 5.74) is 1.86. The van der Waals surface area contributed by atoms with Gasteiger partial charge in [0.1, 0.15) is 11.3 Å². The maximum atomic E-state index is 11.5. The number of halogens is 1. The summed E-state index contributed by atoms with van der Waals surface area (Å²) in [5, 5.41) is 1.54. The topological polar surface area (TPSA) is 65.5 Å². The average Bonchev–Trinajstić information content (AvgIpc) is 3.09. The van der Waals surface area contributed by atoms with Crippen molar-refractivity contribution in [3.8, 4) is 17.1 Å². The Morgan fingerprint density at radius 3 is 2.69 bits per heavy atom. The Morgan fingerprint density at radius 1 is 1.08 bits per heavy atom. The van der Waals surface area contributed by atoms with Crippen LogP contribution in [0, 0.1) is 6.92 Å². The zero-order valence-electron chi connectivity index (χ0n) is 13.9. The lowest BCUT2D eigenvalue weighted by Gasteiger charge is -2.05. The molecule has 5 nitrogen and oxygen atoms in total. The van der Waals surface area contributed by atoms with Crippen molar-refractivity contribution in [1.29, 1.82) is 0 Å². The van der Waals surface area contributed by atoms with Gasteiger partial charge in [-0.05, 0) is 48.9 Å². The van der Waals surface area contributed by atoms with Crippen LogP contribution in [0.25, 0.3) is 22.3 Å². The SMILES string of the molecule is Cc1cc(=O)oc2cc(OCc3ncc(-c4ccc(Cl)cc4)o3)ccc12. The van der Waals surface area contributed by atoms with Gasteiger partial charge in [0, 0.05) is 28.1 Å². The van der Waals surface area contributed by atoms with Crippen LogP contribution in [0.5, 0.6) is 5.75 Å². The molecule has 0 saturated carbocycles. The number of benzene rings is 2. The van der Waals surface area contributed by atoms with Gasteiger partial charge in [-0.15, -0.1) is 0 Å². The average molecular weight is 368 g/mol. The van der Waals surface area contributed by atoms with Gasteiger partial charge < -0.3 is 13.6 Å². The van der Waals surface area contributed by atoms with Gasteiger partial charge in [0.05, 0.1) is 6.20 Å². The Labute approximate surface area is 153 Å². The van der Waals surface area contributed by atoms with E-state index in [0.29, 0.717) is 28.0 Å². The van der Waals surface area contributed by atoms with Gasteiger partial charge in [-0.1, -0.05) is 11.6 Å². The molecule has 4 aromatic rings. The molecule has 0 spiro atoms. The quantitative estimate of drug-likeness (QED) is 0.475. The second-order valence-corrected chi connectivity index (χ2v) is 6.26. The standard InChI is InChI=1S/C20H14ClNO4/c1-12-8-20(23)26-17-9-15(6-7-16(12)17)24-11-19-22-10-18(25-19)13-2-4-14(21)5-3-13/h2-10H,11H2,1H3. The first-order valence-electron chi connectivity index (χ1n) is 7.96. The molecule has 0 N–H and O–H groups in total. The van der Waals surface area contributed by atoms with E-state index in [9.17, 15) is 4.79 Å². The van der Waals surface area contributed by atoms with Crippen molar-refractivity contribution < 1.29 is 13.6 Å². The molecule has 2 aromatic heterocycles. The predicted molar refractivity (Wildman–Crippen MR) is 98.5 cm³/mol. The molecule has 0 aliphatic heterocycles. The lowest BCUT2D eigenvalue weighted by Crippen LogP contribution is -1.99. The molecule has 0 bridgehead atoms. The molecule has 0 saturated heterocycles. The van der Waals surface area contributed by atoms with Crippen LogP contribution in [0.3, 0.4) is 0 Å². The van der Waals surface area contributed by atoms with E-state index in [1.165, 1.54) is 6.07 Å². The van der Waals surface area contributed by atoms with Crippen molar-refractivity contribution in [3.05, 3.63) is 81.6 Å². The highest BCUT2D eigenvalue weighted by Gasteiger charge is 2.09. The van der Waals surface area contributed by atoms with Gasteiger partial charge in [0.15, 0.2) is 12.4 Å². The smallest absolute Gasteiger partial charge is 0.336 e. The third kappa shape index (κ3) is 3.34. The predicted octanol–water partition coefficient (Wildman–Crippen LogP) is 4.99. The molecule has 0 unspecified atom stereocenters. The third-order valence-electron chi connectivity index (χ3n) is 3.97. The Bertz CT molecular complexity index is 1130. The van der Waals surface area contributed by atoms with Crippen molar-refractivity contribution in [1.82, 2.24) is 4.98 Å². The summed E-state index contributed by atoms with van der Waals surface area (Å²) in [6, 6.07) is 14.1. The molecule has 0 atom stereocenters. The van der Waals surface area contributed by atoms with E-state index in [1.807, 2.05) is 31.2 Å². The highest BCUT2D eigenvalue weighted by molar-refractivity contribution is 6.30. The van der Waals surface area contributed by atoms with Crippen LogP contribution >= 0.6 is 11.6 Å². The Hall–Kier alpha value is -3.05. The number of hydrogen-bond acceptors (Lipinski definition) is 5. The minimum atomic E-state index is -0.382. The highest BCUT2D eigenvalue weighted by atomic mass is 35.5. The molecule has 2 heterocycles. The number of aromatic nitrogens is 1. The van der Waals surface area contributed by atoms with E-state index in [2.05, 4.69) is 4.98 Å². The number of oxazole rings is 1. The fourth-order valence-corrected chi connectivity index (χ4v) is 2.79. The van der Waals surface area contributed by atoms with Crippen LogP contribution in [-0.4, -0.2) is 4.98 Å². The van der Waals surface area contributed by atoms with Crippen LogP contribution in [0.4, 0.5) is 0 Å². The molecule has 4 rings (SSSR count). The van der Waals surface area contributed by atoms with Gasteiger partial charge >= 0.3 is 5.63 Å². The van der Waals surface area contributed by atoms with Crippen molar-refractivity contribution in [3.63, 3.8) is 0 Å². The normalized spacial score (nSPS) is 11.0. The number of aryl methyl sites for hydroxylation is 1. The number of hydrogen-bond donors (Lipinski definition) is 0. The summed E-state index contributed by atoms with van der Waals surface area (Å²) < 4.78 is 16.6. The lowest BCUT2D eigenvalue weighted by molar-refractivity contribution is 0.264. The number of ether oxygens (including phenoxy) is 1. The fourth-order valence-electron chi connectivity index (χ4n) is 2.66. The molecule has 0 fully saturated rings. The molecule has 0 radical (unpaired) electrons. The maximum absolute atomic E-state index is 11.5. The van der Waals surface area contributed by atoms with Crippen molar-refractivity contribution >= 4 is 22.6 Å². The minimum Gasteiger partial charge on any atom is -0.484 e.